The third-order valence-corrected chi connectivity index (χ3v) is 4.83. The molecule has 2 aliphatic rings. The van der Waals surface area contributed by atoms with Crippen molar-refractivity contribution in [3.8, 4) is 11.5 Å². The topological polar surface area (TPSA) is 65.4 Å². The summed E-state index contributed by atoms with van der Waals surface area (Å²) in [5, 5.41) is 3.00. The second-order valence-electron chi connectivity index (χ2n) is 6.57. The first-order chi connectivity index (χ1) is 11.6. The first kappa shape index (κ1) is 15.1. The normalized spacial score (nSPS) is 24.5. The van der Waals surface area contributed by atoms with Gasteiger partial charge in [0.15, 0.2) is 11.5 Å². The lowest BCUT2D eigenvalue weighted by Crippen LogP contribution is -2.33. The van der Waals surface area contributed by atoms with E-state index in [1.54, 1.807) is 6.20 Å². The maximum atomic E-state index is 12.6. The smallest absolute Gasteiger partial charge is 0.248 e. The van der Waals surface area contributed by atoms with Crippen molar-refractivity contribution in [3.05, 3.63) is 36.4 Å². The Bertz CT molecular complexity index is 786. The average Bonchev–Trinajstić information content (AvgIpc) is 3.17. The van der Waals surface area contributed by atoms with Crippen LogP contribution in [0.5, 0.6) is 11.5 Å². The van der Waals surface area contributed by atoms with E-state index < -0.39 is 5.79 Å². The number of carbonyl (C=O) groups is 1. The number of benzene rings is 1. The maximum absolute atomic E-state index is 12.6. The summed E-state index contributed by atoms with van der Waals surface area (Å²) in [7, 11) is 0. The lowest BCUT2D eigenvalue weighted by Gasteiger charge is -2.22. The lowest BCUT2D eigenvalue weighted by molar-refractivity contribution is -0.120. The minimum absolute atomic E-state index is 0.0290. The number of aromatic nitrogens is 2. The van der Waals surface area contributed by atoms with Crippen molar-refractivity contribution in [2.45, 2.75) is 45.4 Å². The van der Waals surface area contributed by atoms with Gasteiger partial charge in [0, 0.05) is 56.4 Å². The molecule has 0 fully saturated rings. The molecule has 6 nitrogen and oxygen atoms in total. The van der Waals surface area contributed by atoms with Crippen LogP contribution in [0.1, 0.15) is 32.5 Å². The fraction of sp³-hybridized carbons (Fsp3) is 0.444. The number of ether oxygens (including phenoxy) is 2. The second kappa shape index (κ2) is 5.54. The first-order valence-electron chi connectivity index (χ1n) is 8.39. The van der Waals surface area contributed by atoms with Crippen molar-refractivity contribution in [2.75, 3.05) is 5.32 Å². The highest BCUT2D eigenvalue weighted by Crippen LogP contribution is 2.42. The average molecular weight is 327 g/mol. The minimum atomic E-state index is -0.620. The third-order valence-electron chi connectivity index (χ3n) is 4.83. The zero-order chi connectivity index (χ0) is 16.7. The van der Waals surface area contributed by atoms with Gasteiger partial charge in [-0.1, -0.05) is 6.92 Å². The van der Waals surface area contributed by atoms with Crippen molar-refractivity contribution in [2.24, 2.45) is 5.92 Å². The molecule has 3 heterocycles. The van der Waals surface area contributed by atoms with E-state index in [-0.39, 0.29) is 11.8 Å². The molecule has 0 bridgehead atoms. The monoisotopic (exact) mass is 327 g/mol. The molecule has 4 rings (SSSR count). The number of amides is 1. The number of rotatable bonds is 3. The summed E-state index contributed by atoms with van der Waals surface area (Å²) in [4.78, 5) is 16.9. The van der Waals surface area contributed by atoms with Gasteiger partial charge in [-0.05, 0) is 18.6 Å². The number of hydrogen-bond acceptors (Lipinski definition) is 4. The molecule has 0 saturated carbocycles. The van der Waals surface area contributed by atoms with Crippen LogP contribution in [0, 0.1) is 5.92 Å². The number of carbonyl (C=O) groups excluding carboxylic acids is 1. The highest BCUT2D eigenvalue weighted by molar-refractivity contribution is 5.93. The number of fused-ring (bicyclic) bond motifs is 2. The Morgan fingerprint density at radius 3 is 3.08 bits per heavy atom. The van der Waals surface area contributed by atoms with Crippen LogP contribution in [0.3, 0.4) is 0 Å². The van der Waals surface area contributed by atoms with Gasteiger partial charge in [0.05, 0.1) is 0 Å². The summed E-state index contributed by atoms with van der Waals surface area (Å²) in [5.41, 5.74) is 0.733. The highest BCUT2D eigenvalue weighted by atomic mass is 16.7. The highest BCUT2D eigenvalue weighted by Gasteiger charge is 2.35. The molecule has 1 amide bonds. The van der Waals surface area contributed by atoms with E-state index in [0.29, 0.717) is 12.2 Å². The number of nitrogens with zero attached hydrogens (tertiary/aromatic N) is 2. The minimum Gasteiger partial charge on any atom is -0.449 e. The molecular formula is C18H21N3O3. The van der Waals surface area contributed by atoms with Gasteiger partial charge in [0.25, 0.3) is 0 Å². The van der Waals surface area contributed by atoms with Gasteiger partial charge in [-0.25, -0.2) is 4.98 Å². The number of nitrogens with one attached hydrogen (secondary N) is 1. The van der Waals surface area contributed by atoms with Crippen LogP contribution in [0.2, 0.25) is 0 Å². The molecular weight excluding hydrogens is 306 g/mol. The van der Waals surface area contributed by atoms with E-state index in [1.165, 1.54) is 0 Å². The number of aryl methyl sites for hydroxylation is 1. The first-order valence-corrected chi connectivity index (χ1v) is 8.39. The van der Waals surface area contributed by atoms with Gasteiger partial charge in [0.2, 0.25) is 11.7 Å². The van der Waals surface area contributed by atoms with Gasteiger partial charge in [-0.15, -0.1) is 0 Å². The zero-order valence-electron chi connectivity index (χ0n) is 13.9. The summed E-state index contributed by atoms with van der Waals surface area (Å²) in [5.74, 6) is 1.73. The van der Waals surface area contributed by atoms with E-state index in [9.17, 15) is 4.79 Å². The van der Waals surface area contributed by atoms with E-state index >= 15 is 0 Å². The van der Waals surface area contributed by atoms with Crippen LogP contribution in [-0.4, -0.2) is 21.2 Å². The molecule has 2 aliphatic heterocycles. The largest absolute Gasteiger partial charge is 0.449 e. The van der Waals surface area contributed by atoms with Gasteiger partial charge < -0.3 is 19.4 Å². The van der Waals surface area contributed by atoms with Crippen molar-refractivity contribution in [1.82, 2.24) is 9.55 Å². The molecule has 2 aromatic rings. The Morgan fingerprint density at radius 1 is 1.42 bits per heavy atom. The molecule has 1 N–H and O–H groups in total. The van der Waals surface area contributed by atoms with Crippen molar-refractivity contribution >= 4 is 11.6 Å². The Balaban J connectivity index is 1.45. The third kappa shape index (κ3) is 2.62. The van der Waals surface area contributed by atoms with E-state index in [0.717, 1.165) is 36.6 Å². The Morgan fingerprint density at radius 2 is 2.25 bits per heavy atom. The second-order valence-corrected chi connectivity index (χ2v) is 6.57. The molecule has 2 atom stereocenters. The van der Waals surface area contributed by atoms with Gasteiger partial charge in [-0.2, -0.15) is 0 Å². The van der Waals surface area contributed by atoms with Gasteiger partial charge >= 0.3 is 0 Å². The molecule has 0 unspecified atom stereocenters. The molecule has 24 heavy (non-hydrogen) atoms. The van der Waals surface area contributed by atoms with Crippen LogP contribution in [0.4, 0.5) is 5.69 Å². The number of imidazole rings is 1. The summed E-state index contributed by atoms with van der Waals surface area (Å²) in [6.07, 6.45) is 6.01. The molecule has 0 aliphatic carbocycles. The van der Waals surface area contributed by atoms with E-state index in [2.05, 4.69) is 14.9 Å². The molecule has 0 saturated heterocycles. The van der Waals surface area contributed by atoms with Crippen molar-refractivity contribution < 1.29 is 14.3 Å². The van der Waals surface area contributed by atoms with Crippen molar-refractivity contribution in [3.63, 3.8) is 0 Å². The number of hydrogen-bond donors (Lipinski definition) is 1. The predicted octanol–water partition coefficient (Wildman–Crippen LogP) is 2.98. The molecule has 1 aromatic heterocycles. The van der Waals surface area contributed by atoms with Gasteiger partial charge in [0.1, 0.15) is 5.82 Å². The van der Waals surface area contributed by atoms with Gasteiger partial charge in [-0.3, -0.25) is 4.79 Å². The van der Waals surface area contributed by atoms with Crippen LogP contribution in [0.15, 0.2) is 30.6 Å². The molecule has 6 heteroatoms. The predicted molar refractivity (Wildman–Crippen MR) is 89.1 cm³/mol. The Hall–Kier alpha value is -2.50. The van der Waals surface area contributed by atoms with Crippen LogP contribution < -0.4 is 14.8 Å². The quantitative estimate of drug-likeness (QED) is 0.941. The van der Waals surface area contributed by atoms with Crippen molar-refractivity contribution in [1.29, 1.82) is 0 Å². The summed E-state index contributed by atoms with van der Waals surface area (Å²) in [6, 6.07) is 5.53. The Kier molecular flexibility index (Phi) is 3.48. The molecule has 0 spiro atoms. The summed E-state index contributed by atoms with van der Waals surface area (Å²) < 4.78 is 13.8. The van der Waals surface area contributed by atoms with Crippen LogP contribution >= 0.6 is 0 Å². The SMILES string of the molecule is CC[C@@]1(C)Oc2ccc(NC(=O)[C@H]3CCn4ccnc4C3)cc2O1. The standard InChI is InChI=1S/C18H21N3O3/c1-3-18(2)23-14-5-4-13(11-15(14)24-18)20-17(22)12-6-8-21-9-7-19-16(21)10-12/h4-5,7,9,11-12H,3,6,8,10H2,1-2H3,(H,20,22)/t12-,18-/m0/s1. The Labute approximate surface area is 140 Å². The molecule has 126 valence electrons. The lowest BCUT2D eigenvalue weighted by atomic mass is 9.97. The molecule has 0 radical (unpaired) electrons. The fourth-order valence-electron chi connectivity index (χ4n) is 3.20. The zero-order valence-corrected chi connectivity index (χ0v) is 13.9. The summed E-state index contributed by atoms with van der Waals surface area (Å²) in [6.45, 7) is 4.76. The molecule has 1 aromatic carbocycles. The van der Waals surface area contributed by atoms with Crippen LogP contribution in [-0.2, 0) is 17.8 Å². The summed E-state index contributed by atoms with van der Waals surface area (Å²) >= 11 is 0. The number of anilines is 1. The maximum Gasteiger partial charge on any atom is 0.248 e. The fourth-order valence-corrected chi connectivity index (χ4v) is 3.20. The van der Waals surface area contributed by atoms with Crippen LogP contribution in [0.25, 0.3) is 0 Å². The van der Waals surface area contributed by atoms with E-state index in [1.807, 2.05) is 38.2 Å². The van der Waals surface area contributed by atoms with E-state index in [4.69, 9.17) is 9.47 Å².